The molecule has 1 rings (SSSR count). The van der Waals surface area contributed by atoms with Crippen LogP contribution in [0.25, 0.3) is 0 Å². The van der Waals surface area contributed by atoms with Gasteiger partial charge in [-0.2, -0.15) is 0 Å². The number of halogens is 1. The Morgan fingerprint density at radius 3 is 2.95 bits per heavy atom. The maximum absolute atomic E-state index is 11.3. The molecule has 4 heteroatoms. The molecule has 1 aromatic rings. The summed E-state index contributed by atoms with van der Waals surface area (Å²) < 4.78 is 5.64. The maximum Gasteiger partial charge on any atom is 0.237 e. The number of unbranched alkanes of at least 4 members (excludes halogenated alkanes) is 1. The van der Waals surface area contributed by atoms with E-state index in [0.717, 1.165) is 37.2 Å². The van der Waals surface area contributed by atoms with Crippen LogP contribution in [0.1, 0.15) is 32.3 Å². The van der Waals surface area contributed by atoms with Crippen molar-refractivity contribution < 1.29 is 9.53 Å². The highest BCUT2D eigenvalue weighted by Crippen LogP contribution is 2.14. The Morgan fingerprint density at radius 1 is 1.47 bits per heavy atom. The predicted molar refractivity (Wildman–Crippen MR) is 78.9 cm³/mol. The molecule has 1 aromatic carbocycles. The number of benzene rings is 1. The summed E-state index contributed by atoms with van der Waals surface area (Å²) in [7, 11) is 0. The van der Waals surface area contributed by atoms with Crippen LogP contribution in [0.15, 0.2) is 24.3 Å². The van der Waals surface area contributed by atoms with Gasteiger partial charge in [0.2, 0.25) is 5.91 Å². The monoisotopic (exact) mass is 283 g/mol. The summed E-state index contributed by atoms with van der Waals surface area (Å²) in [6, 6.07) is 7.98. The highest BCUT2D eigenvalue weighted by atomic mass is 35.5. The van der Waals surface area contributed by atoms with Gasteiger partial charge in [0.05, 0.1) is 6.61 Å². The predicted octanol–water partition coefficient (Wildman–Crippen LogP) is 3.15. The number of hydrogen-bond donors (Lipinski definition) is 1. The van der Waals surface area contributed by atoms with Gasteiger partial charge in [-0.1, -0.05) is 25.5 Å². The van der Waals surface area contributed by atoms with Gasteiger partial charge in [-0.3, -0.25) is 4.79 Å². The van der Waals surface area contributed by atoms with Crippen molar-refractivity contribution >= 4 is 17.5 Å². The molecule has 19 heavy (non-hydrogen) atoms. The van der Waals surface area contributed by atoms with Crippen LogP contribution in [0.2, 0.25) is 0 Å². The van der Waals surface area contributed by atoms with E-state index in [1.54, 1.807) is 6.92 Å². The van der Waals surface area contributed by atoms with Gasteiger partial charge in [0.1, 0.15) is 11.1 Å². The van der Waals surface area contributed by atoms with Crippen LogP contribution < -0.4 is 10.1 Å². The number of alkyl halides is 1. The molecule has 0 radical (unpaired) electrons. The van der Waals surface area contributed by atoms with E-state index in [9.17, 15) is 4.79 Å². The summed E-state index contributed by atoms with van der Waals surface area (Å²) in [5, 5.41) is 2.31. The van der Waals surface area contributed by atoms with E-state index in [-0.39, 0.29) is 5.91 Å². The van der Waals surface area contributed by atoms with E-state index < -0.39 is 5.38 Å². The minimum atomic E-state index is -0.483. The standard InChI is InChI=1S/C15H22ClNO2/c1-3-4-10-19-14-7-5-6-13(11-14)8-9-17-15(18)12(2)16/h5-7,11-12H,3-4,8-10H2,1-2H3,(H,17,18). The molecule has 106 valence electrons. The van der Waals surface area contributed by atoms with Crippen molar-refractivity contribution in [1.82, 2.24) is 5.32 Å². The van der Waals surface area contributed by atoms with E-state index in [0.29, 0.717) is 6.54 Å². The molecular formula is C15H22ClNO2. The molecule has 0 aliphatic carbocycles. The van der Waals surface area contributed by atoms with Crippen LogP contribution in [-0.4, -0.2) is 24.4 Å². The molecule has 0 aliphatic rings. The Hall–Kier alpha value is -1.22. The number of nitrogens with one attached hydrogen (secondary N) is 1. The average Bonchev–Trinajstić information content (AvgIpc) is 2.39. The van der Waals surface area contributed by atoms with Gasteiger partial charge in [0.15, 0.2) is 0 Å². The van der Waals surface area contributed by atoms with Gasteiger partial charge >= 0.3 is 0 Å². The molecule has 3 nitrogen and oxygen atoms in total. The lowest BCUT2D eigenvalue weighted by Gasteiger charge is -2.09. The summed E-state index contributed by atoms with van der Waals surface area (Å²) >= 11 is 5.67. The van der Waals surface area contributed by atoms with E-state index in [2.05, 4.69) is 12.2 Å². The molecule has 0 saturated heterocycles. The molecule has 1 amide bonds. The first-order chi connectivity index (χ1) is 9.13. The van der Waals surface area contributed by atoms with Crippen LogP contribution in [0.3, 0.4) is 0 Å². The minimum absolute atomic E-state index is 0.128. The number of carbonyl (C=O) groups excluding carboxylic acids is 1. The number of hydrogen-bond acceptors (Lipinski definition) is 2. The topological polar surface area (TPSA) is 38.3 Å². The minimum Gasteiger partial charge on any atom is -0.494 e. The summed E-state index contributed by atoms with van der Waals surface area (Å²) in [6.07, 6.45) is 2.97. The first-order valence-corrected chi connectivity index (χ1v) is 7.20. The molecule has 1 unspecified atom stereocenters. The molecule has 0 fully saturated rings. The molecule has 0 aromatic heterocycles. The molecule has 0 saturated carbocycles. The average molecular weight is 284 g/mol. The Morgan fingerprint density at radius 2 is 2.26 bits per heavy atom. The zero-order valence-corrected chi connectivity index (χ0v) is 12.4. The Bertz CT molecular complexity index is 393. The van der Waals surface area contributed by atoms with Crippen molar-refractivity contribution in [3.8, 4) is 5.75 Å². The van der Waals surface area contributed by atoms with E-state index >= 15 is 0 Å². The van der Waals surface area contributed by atoms with Crippen molar-refractivity contribution in [3.05, 3.63) is 29.8 Å². The smallest absolute Gasteiger partial charge is 0.237 e. The van der Waals surface area contributed by atoms with Crippen LogP contribution in [0, 0.1) is 0 Å². The fraction of sp³-hybridized carbons (Fsp3) is 0.533. The Balaban J connectivity index is 2.37. The van der Waals surface area contributed by atoms with Crippen molar-refractivity contribution in [1.29, 1.82) is 0 Å². The zero-order chi connectivity index (χ0) is 14.1. The highest BCUT2D eigenvalue weighted by molar-refractivity contribution is 6.30. The number of carbonyl (C=O) groups is 1. The fourth-order valence-corrected chi connectivity index (χ4v) is 1.67. The van der Waals surface area contributed by atoms with Crippen LogP contribution in [-0.2, 0) is 11.2 Å². The summed E-state index contributed by atoms with van der Waals surface area (Å²) in [6.45, 7) is 5.15. The second kappa shape index (κ2) is 8.81. The molecule has 0 heterocycles. The number of amides is 1. The third kappa shape index (κ3) is 6.48. The lowest BCUT2D eigenvalue weighted by atomic mass is 10.1. The zero-order valence-electron chi connectivity index (χ0n) is 11.6. The molecular weight excluding hydrogens is 262 g/mol. The molecule has 0 aliphatic heterocycles. The van der Waals surface area contributed by atoms with Gasteiger partial charge in [-0.15, -0.1) is 11.6 Å². The number of ether oxygens (including phenoxy) is 1. The first kappa shape index (κ1) is 15.8. The van der Waals surface area contributed by atoms with Gasteiger partial charge in [0.25, 0.3) is 0 Å². The van der Waals surface area contributed by atoms with Crippen molar-refractivity contribution in [3.63, 3.8) is 0 Å². The Labute approximate surface area is 120 Å². The number of rotatable bonds is 8. The van der Waals surface area contributed by atoms with Crippen molar-refractivity contribution in [2.75, 3.05) is 13.2 Å². The molecule has 1 N–H and O–H groups in total. The van der Waals surface area contributed by atoms with Crippen LogP contribution in [0.5, 0.6) is 5.75 Å². The SMILES string of the molecule is CCCCOc1cccc(CCNC(=O)C(C)Cl)c1. The molecule has 0 spiro atoms. The van der Waals surface area contributed by atoms with Gasteiger partial charge in [0, 0.05) is 6.54 Å². The van der Waals surface area contributed by atoms with E-state index in [4.69, 9.17) is 16.3 Å². The molecule has 1 atom stereocenters. The van der Waals surface area contributed by atoms with Gasteiger partial charge in [-0.25, -0.2) is 0 Å². The summed E-state index contributed by atoms with van der Waals surface area (Å²) in [5.74, 6) is 0.764. The van der Waals surface area contributed by atoms with E-state index in [1.165, 1.54) is 0 Å². The third-order valence-corrected chi connectivity index (χ3v) is 2.94. The van der Waals surface area contributed by atoms with Crippen molar-refractivity contribution in [2.45, 2.75) is 38.5 Å². The maximum atomic E-state index is 11.3. The lowest BCUT2D eigenvalue weighted by Crippen LogP contribution is -2.31. The second-order valence-electron chi connectivity index (χ2n) is 4.51. The van der Waals surface area contributed by atoms with E-state index in [1.807, 2.05) is 24.3 Å². The summed E-state index contributed by atoms with van der Waals surface area (Å²) in [4.78, 5) is 11.3. The second-order valence-corrected chi connectivity index (χ2v) is 5.16. The third-order valence-electron chi connectivity index (χ3n) is 2.74. The summed E-state index contributed by atoms with van der Waals surface area (Å²) in [5.41, 5.74) is 1.15. The quantitative estimate of drug-likeness (QED) is 0.588. The largest absolute Gasteiger partial charge is 0.494 e. The lowest BCUT2D eigenvalue weighted by molar-refractivity contribution is -0.120. The van der Waals surface area contributed by atoms with Crippen molar-refractivity contribution in [2.24, 2.45) is 0 Å². The van der Waals surface area contributed by atoms with Crippen LogP contribution in [0.4, 0.5) is 0 Å². The first-order valence-electron chi connectivity index (χ1n) is 6.77. The van der Waals surface area contributed by atoms with Gasteiger partial charge < -0.3 is 10.1 Å². The fourth-order valence-electron chi connectivity index (χ4n) is 1.60. The Kier molecular flexibility index (Phi) is 7.34. The van der Waals surface area contributed by atoms with Crippen LogP contribution >= 0.6 is 11.6 Å². The van der Waals surface area contributed by atoms with Gasteiger partial charge in [-0.05, 0) is 37.5 Å². The highest BCUT2D eigenvalue weighted by Gasteiger charge is 2.07. The molecule has 0 bridgehead atoms. The normalized spacial score (nSPS) is 11.9.